The van der Waals surface area contributed by atoms with Crippen molar-refractivity contribution in [2.45, 2.75) is 18.2 Å². The van der Waals surface area contributed by atoms with Crippen LogP contribution in [0.2, 0.25) is 0 Å². The number of nitrogens with zero attached hydrogens (tertiary/aromatic N) is 4. The molecule has 0 spiro atoms. The Morgan fingerprint density at radius 1 is 1.21 bits per heavy atom. The molecule has 1 aliphatic heterocycles. The Hall–Kier alpha value is -3.00. The van der Waals surface area contributed by atoms with Gasteiger partial charge in [0.15, 0.2) is 22.8 Å². The lowest BCUT2D eigenvalue weighted by Gasteiger charge is -2.29. The second-order valence-electron chi connectivity index (χ2n) is 6.83. The Balaban J connectivity index is 1.34. The molecule has 150 valence electrons. The molecule has 1 amide bonds. The number of thioether (sulfide) groups is 1. The number of likely N-dealkylation sites (N-methyl/N-ethyl adjacent to an activating group) is 1. The van der Waals surface area contributed by atoms with Crippen molar-refractivity contribution in [2.75, 3.05) is 26.0 Å². The molecule has 0 N–H and O–H groups in total. The normalized spacial score (nSPS) is 15.2. The monoisotopic (exact) mass is 410 g/mol. The molecule has 0 fully saturated rings. The first kappa shape index (κ1) is 19.3. The summed E-state index contributed by atoms with van der Waals surface area (Å²) in [6.07, 6.45) is 1.48. The highest BCUT2D eigenvalue weighted by molar-refractivity contribution is 7.99. The molecule has 29 heavy (non-hydrogen) atoms. The van der Waals surface area contributed by atoms with Crippen LogP contribution < -0.4 is 9.47 Å². The van der Waals surface area contributed by atoms with E-state index in [0.29, 0.717) is 24.1 Å². The Bertz CT molecular complexity index is 1010. The molecule has 1 unspecified atom stereocenters. The number of fused-ring (bicyclic) bond motifs is 1. The zero-order chi connectivity index (χ0) is 20.2. The van der Waals surface area contributed by atoms with Crippen LogP contribution >= 0.6 is 11.8 Å². The first-order chi connectivity index (χ1) is 14.1. The second kappa shape index (κ2) is 8.57. The number of para-hydroxylation sites is 3. The van der Waals surface area contributed by atoms with Gasteiger partial charge in [0.2, 0.25) is 5.91 Å². The highest BCUT2D eigenvalue weighted by Crippen LogP contribution is 2.31. The van der Waals surface area contributed by atoms with E-state index in [4.69, 9.17) is 9.47 Å². The van der Waals surface area contributed by atoms with Gasteiger partial charge >= 0.3 is 0 Å². The fraction of sp³-hybridized carbons (Fsp3) is 0.286. The predicted octanol–water partition coefficient (Wildman–Crippen LogP) is 2.97. The molecular formula is C21H22N4O3S. The Morgan fingerprint density at radius 3 is 2.79 bits per heavy atom. The van der Waals surface area contributed by atoms with E-state index in [9.17, 15) is 4.79 Å². The lowest BCUT2D eigenvalue weighted by atomic mass is 10.2. The molecular weight excluding hydrogens is 388 g/mol. The summed E-state index contributed by atoms with van der Waals surface area (Å²) in [5.41, 5.74) is 2.12. The minimum Gasteiger partial charge on any atom is -0.486 e. The van der Waals surface area contributed by atoms with Gasteiger partial charge in [-0.2, -0.15) is 0 Å². The lowest BCUT2D eigenvalue weighted by molar-refractivity contribution is -0.128. The molecule has 0 bridgehead atoms. The van der Waals surface area contributed by atoms with Gasteiger partial charge < -0.3 is 14.4 Å². The van der Waals surface area contributed by atoms with Crippen molar-refractivity contribution in [3.8, 4) is 17.2 Å². The number of ether oxygens (including phenoxy) is 2. The quantitative estimate of drug-likeness (QED) is 0.582. The summed E-state index contributed by atoms with van der Waals surface area (Å²) in [4.78, 5) is 14.3. The van der Waals surface area contributed by atoms with Crippen LogP contribution in [0, 0.1) is 6.92 Å². The first-order valence-corrected chi connectivity index (χ1v) is 10.3. The molecule has 0 aliphatic carbocycles. The molecule has 0 radical (unpaired) electrons. The maximum atomic E-state index is 12.6. The topological polar surface area (TPSA) is 69.5 Å². The molecule has 2 aromatic carbocycles. The van der Waals surface area contributed by atoms with Gasteiger partial charge in [-0.05, 0) is 30.7 Å². The van der Waals surface area contributed by atoms with Gasteiger partial charge in [-0.15, -0.1) is 10.2 Å². The Morgan fingerprint density at radius 2 is 1.97 bits per heavy atom. The van der Waals surface area contributed by atoms with E-state index in [-0.39, 0.29) is 17.8 Å². The number of benzene rings is 2. The van der Waals surface area contributed by atoms with Crippen LogP contribution in [0.15, 0.2) is 60.0 Å². The molecule has 7 nitrogen and oxygen atoms in total. The Kier molecular flexibility index (Phi) is 5.71. The molecule has 2 heterocycles. The summed E-state index contributed by atoms with van der Waals surface area (Å²) >= 11 is 1.37. The third kappa shape index (κ3) is 4.37. The SMILES string of the molecule is Cc1ccccc1-n1cnnc1SCC(=O)N(C)CC1COc2ccccc2O1. The lowest BCUT2D eigenvalue weighted by Crippen LogP contribution is -2.42. The van der Waals surface area contributed by atoms with E-state index in [0.717, 1.165) is 17.0 Å². The largest absolute Gasteiger partial charge is 0.486 e. The molecule has 1 atom stereocenters. The van der Waals surface area contributed by atoms with Gasteiger partial charge in [-0.1, -0.05) is 42.1 Å². The highest BCUT2D eigenvalue weighted by atomic mass is 32.2. The highest BCUT2D eigenvalue weighted by Gasteiger charge is 2.24. The molecule has 1 aromatic heterocycles. The van der Waals surface area contributed by atoms with E-state index in [1.807, 2.05) is 60.0 Å². The van der Waals surface area contributed by atoms with Crippen molar-refractivity contribution in [1.29, 1.82) is 0 Å². The summed E-state index contributed by atoms with van der Waals surface area (Å²) in [7, 11) is 1.78. The summed E-state index contributed by atoms with van der Waals surface area (Å²) < 4.78 is 13.6. The average Bonchev–Trinajstić information content (AvgIpc) is 3.20. The van der Waals surface area contributed by atoms with E-state index in [1.165, 1.54) is 11.8 Å². The van der Waals surface area contributed by atoms with Crippen molar-refractivity contribution in [3.63, 3.8) is 0 Å². The van der Waals surface area contributed by atoms with Crippen LogP contribution in [0.25, 0.3) is 5.69 Å². The van der Waals surface area contributed by atoms with Gasteiger partial charge in [0, 0.05) is 7.05 Å². The zero-order valence-corrected chi connectivity index (χ0v) is 17.1. The van der Waals surface area contributed by atoms with Crippen LogP contribution in [0.3, 0.4) is 0 Å². The smallest absolute Gasteiger partial charge is 0.232 e. The summed E-state index contributed by atoms with van der Waals surface area (Å²) in [5, 5.41) is 8.86. The molecule has 3 aromatic rings. The first-order valence-electron chi connectivity index (χ1n) is 9.33. The number of hydrogen-bond donors (Lipinski definition) is 0. The van der Waals surface area contributed by atoms with Gasteiger partial charge in [0.05, 0.1) is 18.0 Å². The predicted molar refractivity (Wildman–Crippen MR) is 111 cm³/mol. The minimum absolute atomic E-state index is 0.00297. The standard InChI is InChI=1S/C21H22N4O3S/c1-15-7-3-4-8-17(15)25-14-22-23-21(25)29-13-20(26)24(2)11-16-12-27-18-9-5-6-10-19(18)28-16/h3-10,14,16H,11-13H2,1-2H3. The van der Waals surface area contributed by atoms with Gasteiger partial charge in [0.1, 0.15) is 12.9 Å². The third-order valence-electron chi connectivity index (χ3n) is 4.69. The van der Waals surface area contributed by atoms with Crippen molar-refractivity contribution >= 4 is 17.7 Å². The fourth-order valence-corrected chi connectivity index (χ4v) is 3.98. The molecule has 0 saturated heterocycles. The summed E-state index contributed by atoms with van der Waals surface area (Å²) in [5.74, 6) is 1.72. The van der Waals surface area contributed by atoms with Gasteiger partial charge in [-0.25, -0.2) is 0 Å². The maximum Gasteiger partial charge on any atom is 0.232 e. The van der Waals surface area contributed by atoms with Crippen LogP contribution in [-0.4, -0.2) is 57.6 Å². The number of carbonyl (C=O) groups excluding carboxylic acids is 1. The van der Waals surface area contributed by atoms with Crippen molar-refractivity contribution < 1.29 is 14.3 Å². The van der Waals surface area contributed by atoms with Crippen molar-refractivity contribution in [3.05, 3.63) is 60.4 Å². The van der Waals surface area contributed by atoms with E-state index in [1.54, 1.807) is 18.3 Å². The number of aryl methyl sites for hydroxylation is 1. The number of hydrogen-bond acceptors (Lipinski definition) is 6. The number of aromatic nitrogens is 3. The van der Waals surface area contributed by atoms with Gasteiger partial charge in [0.25, 0.3) is 0 Å². The van der Waals surface area contributed by atoms with Crippen molar-refractivity contribution in [2.24, 2.45) is 0 Å². The molecule has 4 rings (SSSR count). The van der Waals surface area contributed by atoms with Crippen LogP contribution in [0.1, 0.15) is 5.56 Å². The van der Waals surface area contributed by atoms with Crippen molar-refractivity contribution in [1.82, 2.24) is 19.7 Å². The maximum absolute atomic E-state index is 12.6. The zero-order valence-electron chi connectivity index (χ0n) is 16.3. The van der Waals surface area contributed by atoms with E-state index >= 15 is 0 Å². The molecule has 0 saturated carbocycles. The molecule has 1 aliphatic rings. The number of amides is 1. The van der Waals surface area contributed by atoms with E-state index in [2.05, 4.69) is 10.2 Å². The summed E-state index contributed by atoms with van der Waals surface area (Å²) in [6.45, 7) is 2.91. The Labute approximate surface area is 173 Å². The van der Waals surface area contributed by atoms with Crippen LogP contribution in [0.4, 0.5) is 0 Å². The molecule has 8 heteroatoms. The fourth-order valence-electron chi connectivity index (χ4n) is 3.12. The minimum atomic E-state index is -0.195. The van der Waals surface area contributed by atoms with E-state index < -0.39 is 0 Å². The summed E-state index contributed by atoms with van der Waals surface area (Å²) in [6, 6.07) is 15.6. The number of carbonyl (C=O) groups is 1. The van der Waals surface area contributed by atoms with Crippen LogP contribution in [0.5, 0.6) is 11.5 Å². The average molecular weight is 410 g/mol. The van der Waals surface area contributed by atoms with Gasteiger partial charge in [-0.3, -0.25) is 9.36 Å². The second-order valence-corrected chi connectivity index (χ2v) is 7.77. The van der Waals surface area contributed by atoms with Crippen LogP contribution in [-0.2, 0) is 4.79 Å². The third-order valence-corrected chi connectivity index (χ3v) is 5.61. The number of rotatable bonds is 6.